The zero-order valence-electron chi connectivity index (χ0n) is 27.5. The molecule has 8 aromatic carbocycles. The molecule has 0 saturated carbocycles. The highest BCUT2D eigenvalue weighted by molar-refractivity contribution is 6.16. The quantitative estimate of drug-likeness (QED) is 0.174. The van der Waals surface area contributed by atoms with Crippen molar-refractivity contribution in [3.05, 3.63) is 176 Å². The Hall–Kier alpha value is -6.91. The summed E-state index contributed by atoms with van der Waals surface area (Å²) >= 11 is 0. The Morgan fingerprint density at radius 1 is 0.294 bits per heavy atom. The predicted molar refractivity (Wildman–Crippen MR) is 209 cm³/mol. The second-order valence-corrected chi connectivity index (χ2v) is 12.8. The van der Waals surface area contributed by atoms with E-state index in [0.717, 1.165) is 82.4 Å². The number of fused-ring (bicyclic) bond motifs is 6. The molecule has 2 aromatic heterocycles. The van der Waals surface area contributed by atoms with Crippen molar-refractivity contribution >= 4 is 43.5 Å². The number of nitrogens with zero attached hydrogens (tertiary/aromatic N) is 3. The summed E-state index contributed by atoms with van der Waals surface area (Å²) in [6, 6.07) is 61.1. The van der Waals surface area contributed by atoms with Crippen molar-refractivity contribution in [1.29, 1.82) is 0 Å². The van der Waals surface area contributed by atoms with Crippen molar-refractivity contribution in [3.63, 3.8) is 0 Å². The van der Waals surface area contributed by atoms with Crippen LogP contribution in [0.4, 0.5) is 0 Å². The average molecular weight is 652 g/mol. The molecule has 0 aliphatic carbocycles. The number of hydrogen-bond donors (Lipinski definition) is 0. The van der Waals surface area contributed by atoms with Crippen LogP contribution in [0.15, 0.2) is 180 Å². The Morgan fingerprint density at radius 2 is 0.882 bits per heavy atom. The SMILES string of the molecule is c1ccc(-c2ccc(-c3nc(-c4ccccc4)nc(-c4ccc5ccc6cc7oc8ccccc8c7cc6c5c4)n3)c(-c3ccccc3)c2)cc1. The van der Waals surface area contributed by atoms with Crippen LogP contribution in [0.3, 0.4) is 0 Å². The summed E-state index contributed by atoms with van der Waals surface area (Å²) in [4.78, 5) is 15.4. The Balaban J connectivity index is 1.19. The van der Waals surface area contributed by atoms with Crippen LogP contribution in [-0.4, -0.2) is 15.0 Å². The monoisotopic (exact) mass is 651 g/mol. The highest BCUT2D eigenvalue weighted by atomic mass is 16.3. The van der Waals surface area contributed by atoms with Crippen molar-refractivity contribution < 1.29 is 4.42 Å². The van der Waals surface area contributed by atoms with Gasteiger partial charge in [-0.2, -0.15) is 0 Å². The van der Waals surface area contributed by atoms with Crippen LogP contribution in [0.25, 0.3) is 99.9 Å². The Bertz CT molecular complexity index is 2900. The van der Waals surface area contributed by atoms with Crippen molar-refractivity contribution in [2.75, 3.05) is 0 Å². The van der Waals surface area contributed by atoms with Gasteiger partial charge in [0.2, 0.25) is 0 Å². The summed E-state index contributed by atoms with van der Waals surface area (Å²) in [5, 5.41) is 6.80. The molecule has 10 aromatic rings. The minimum Gasteiger partial charge on any atom is -0.456 e. The van der Waals surface area contributed by atoms with Crippen LogP contribution in [0.5, 0.6) is 0 Å². The average Bonchev–Trinajstić information content (AvgIpc) is 3.58. The van der Waals surface area contributed by atoms with E-state index in [0.29, 0.717) is 17.5 Å². The molecule has 51 heavy (non-hydrogen) atoms. The van der Waals surface area contributed by atoms with Gasteiger partial charge in [0.15, 0.2) is 17.5 Å². The van der Waals surface area contributed by atoms with Crippen LogP contribution in [-0.2, 0) is 0 Å². The second-order valence-electron chi connectivity index (χ2n) is 12.8. The van der Waals surface area contributed by atoms with E-state index in [1.807, 2.05) is 54.6 Å². The van der Waals surface area contributed by atoms with Crippen LogP contribution < -0.4 is 0 Å². The number of furan rings is 1. The molecule has 0 spiro atoms. The molecule has 2 heterocycles. The smallest absolute Gasteiger partial charge is 0.164 e. The van der Waals surface area contributed by atoms with Gasteiger partial charge in [0.05, 0.1) is 0 Å². The lowest BCUT2D eigenvalue weighted by Crippen LogP contribution is -2.01. The molecule has 0 saturated heterocycles. The van der Waals surface area contributed by atoms with E-state index in [-0.39, 0.29) is 0 Å². The summed E-state index contributed by atoms with van der Waals surface area (Å²) in [6.07, 6.45) is 0. The second kappa shape index (κ2) is 11.9. The molecule has 0 fully saturated rings. The van der Waals surface area contributed by atoms with E-state index in [1.165, 1.54) is 0 Å². The molecular formula is C47H29N3O. The molecule has 0 amide bonds. The molecule has 10 rings (SSSR count). The minimum absolute atomic E-state index is 0.624. The Labute approximate surface area is 294 Å². The van der Waals surface area contributed by atoms with Gasteiger partial charge < -0.3 is 4.42 Å². The van der Waals surface area contributed by atoms with E-state index in [4.69, 9.17) is 19.4 Å². The molecule has 0 unspecified atom stereocenters. The first-order valence-corrected chi connectivity index (χ1v) is 17.1. The maximum Gasteiger partial charge on any atom is 0.164 e. The van der Waals surface area contributed by atoms with Crippen LogP contribution in [0.2, 0.25) is 0 Å². The number of benzene rings is 8. The molecule has 0 radical (unpaired) electrons. The molecule has 4 heteroatoms. The van der Waals surface area contributed by atoms with Gasteiger partial charge in [0, 0.05) is 27.5 Å². The van der Waals surface area contributed by atoms with Gasteiger partial charge in [-0.1, -0.05) is 140 Å². The third-order valence-electron chi connectivity index (χ3n) is 9.71. The first-order chi connectivity index (χ1) is 25.2. The Kier molecular flexibility index (Phi) is 6.78. The van der Waals surface area contributed by atoms with Crippen LogP contribution >= 0.6 is 0 Å². The summed E-state index contributed by atoms with van der Waals surface area (Å²) in [5.74, 6) is 1.88. The third kappa shape index (κ3) is 5.13. The number of hydrogen-bond acceptors (Lipinski definition) is 4. The van der Waals surface area contributed by atoms with Gasteiger partial charge >= 0.3 is 0 Å². The number of aromatic nitrogens is 3. The molecular weight excluding hydrogens is 623 g/mol. The number of para-hydroxylation sites is 1. The maximum atomic E-state index is 6.22. The van der Waals surface area contributed by atoms with E-state index in [2.05, 4.69) is 121 Å². The molecule has 4 nitrogen and oxygen atoms in total. The van der Waals surface area contributed by atoms with Crippen LogP contribution in [0.1, 0.15) is 0 Å². The molecule has 238 valence electrons. The first kappa shape index (κ1) is 29.0. The molecule has 0 aliphatic heterocycles. The van der Waals surface area contributed by atoms with E-state index >= 15 is 0 Å². The van der Waals surface area contributed by atoms with Gasteiger partial charge in [-0.3, -0.25) is 0 Å². The zero-order chi connectivity index (χ0) is 33.7. The maximum absolute atomic E-state index is 6.22. The predicted octanol–water partition coefficient (Wildman–Crippen LogP) is 12.4. The zero-order valence-corrected chi connectivity index (χ0v) is 27.5. The standard InChI is InChI=1S/C47H29N3O/c1-4-12-30(13-5-1)34-24-25-38(39(26-34)31-14-6-2-7-15-31)47-49-45(33-16-8-3-9-17-33)48-46(50-47)36-23-21-32-20-22-35-28-44-42(29-41(35)40(32)27-36)37-18-10-11-19-43(37)51-44/h1-29H. The molecule has 0 aliphatic rings. The summed E-state index contributed by atoms with van der Waals surface area (Å²) < 4.78 is 6.22. The normalized spacial score (nSPS) is 11.5. The van der Waals surface area contributed by atoms with E-state index < -0.39 is 0 Å². The fourth-order valence-corrected chi connectivity index (χ4v) is 7.16. The van der Waals surface area contributed by atoms with Crippen LogP contribution in [0, 0.1) is 0 Å². The highest BCUT2D eigenvalue weighted by Gasteiger charge is 2.18. The van der Waals surface area contributed by atoms with Crippen molar-refractivity contribution in [2.24, 2.45) is 0 Å². The first-order valence-electron chi connectivity index (χ1n) is 17.1. The third-order valence-corrected chi connectivity index (χ3v) is 9.71. The summed E-state index contributed by atoms with van der Waals surface area (Å²) in [5.41, 5.74) is 9.05. The van der Waals surface area contributed by atoms with Crippen molar-refractivity contribution in [1.82, 2.24) is 15.0 Å². The Morgan fingerprint density at radius 3 is 1.67 bits per heavy atom. The van der Waals surface area contributed by atoms with Gasteiger partial charge in [-0.05, 0) is 80.2 Å². The van der Waals surface area contributed by atoms with E-state index in [1.54, 1.807) is 0 Å². The lowest BCUT2D eigenvalue weighted by atomic mass is 9.94. The highest BCUT2D eigenvalue weighted by Crippen LogP contribution is 2.38. The van der Waals surface area contributed by atoms with Gasteiger partial charge in [0.25, 0.3) is 0 Å². The van der Waals surface area contributed by atoms with Gasteiger partial charge in [-0.25, -0.2) is 15.0 Å². The van der Waals surface area contributed by atoms with Crippen molar-refractivity contribution in [3.8, 4) is 56.4 Å². The lowest BCUT2D eigenvalue weighted by molar-refractivity contribution is 0.669. The lowest BCUT2D eigenvalue weighted by Gasteiger charge is -2.14. The van der Waals surface area contributed by atoms with Gasteiger partial charge in [-0.15, -0.1) is 0 Å². The van der Waals surface area contributed by atoms with Crippen molar-refractivity contribution in [2.45, 2.75) is 0 Å². The molecule has 0 atom stereocenters. The fraction of sp³-hybridized carbons (Fsp3) is 0. The fourth-order valence-electron chi connectivity index (χ4n) is 7.16. The molecule has 0 bridgehead atoms. The summed E-state index contributed by atoms with van der Waals surface area (Å²) in [7, 11) is 0. The number of rotatable bonds is 5. The van der Waals surface area contributed by atoms with Gasteiger partial charge in [0.1, 0.15) is 11.2 Å². The minimum atomic E-state index is 0.624. The largest absolute Gasteiger partial charge is 0.456 e. The van der Waals surface area contributed by atoms with E-state index in [9.17, 15) is 0 Å². The summed E-state index contributed by atoms with van der Waals surface area (Å²) in [6.45, 7) is 0. The molecule has 0 N–H and O–H groups in total. The topological polar surface area (TPSA) is 51.8 Å².